The van der Waals surface area contributed by atoms with Crippen LogP contribution in [0.15, 0.2) is 22.6 Å². The quantitative estimate of drug-likeness (QED) is 0.832. The minimum atomic E-state index is 0.0525. The number of rotatable bonds is 2. The fourth-order valence-corrected chi connectivity index (χ4v) is 4.26. The number of benzene rings is 1. The van der Waals surface area contributed by atoms with Crippen molar-refractivity contribution < 1.29 is 9.21 Å². The highest BCUT2D eigenvalue weighted by molar-refractivity contribution is 7.99. The molecule has 0 bridgehead atoms. The number of fused-ring (bicyclic) bond motifs is 1. The Morgan fingerprint density at radius 1 is 1.30 bits per heavy atom. The molecule has 7 heteroatoms. The van der Waals surface area contributed by atoms with Crippen LogP contribution >= 0.6 is 23.4 Å². The van der Waals surface area contributed by atoms with Crippen LogP contribution in [0.2, 0.25) is 5.02 Å². The minimum absolute atomic E-state index is 0.0525. The van der Waals surface area contributed by atoms with E-state index in [9.17, 15) is 4.79 Å². The SMILES string of the molecule is O=C(C1CCN(c2nc3ccc(Cl)cc3o2)C1)N1CCSCC1. The number of oxazole rings is 1. The highest BCUT2D eigenvalue weighted by Crippen LogP contribution is 2.29. The number of hydrogen-bond donors (Lipinski definition) is 0. The number of thioether (sulfide) groups is 1. The van der Waals surface area contributed by atoms with Crippen LogP contribution in [0.1, 0.15) is 6.42 Å². The fraction of sp³-hybridized carbons (Fsp3) is 0.500. The maximum absolute atomic E-state index is 12.6. The van der Waals surface area contributed by atoms with Gasteiger partial charge in [0.05, 0.1) is 5.92 Å². The topological polar surface area (TPSA) is 49.6 Å². The summed E-state index contributed by atoms with van der Waals surface area (Å²) in [5.74, 6) is 2.44. The summed E-state index contributed by atoms with van der Waals surface area (Å²) in [6.07, 6.45) is 0.863. The third kappa shape index (κ3) is 3.02. The average molecular weight is 352 g/mol. The number of anilines is 1. The second-order valence-corrected chi connectivity index (χ2v) is 7.64. The Morgan fingerprint density at radius 3 is 2.96 bits per heavy atom. The molecule has 3 heterocycles. The van der Waals surface area contributed by atoms with Crippen molar-refractivity contribution in [1.29, 1.82) is 0 Å². The zero-order valence-electron chi connectivity index (χ0n) is 12.7. The van der Waals surface area contributed by atoms with E-state index in [1.165, 1.54) is 0 Å². The second kappa shape index (κ2) is 6.24. The van der Waals surface area contributed by atoms with Crippen LogP contribution in [0.5, 0.6) is 0 Å². The summed E-state index contributed by atoms with van der Waals surface area (Å²) in [7, 11) is 0. The first-order valence-electron chi connectivity index (χ1n) is 7.88. The summed E-state index contributed by atoms with van der Waals surface area (Å²) >= 11 is 7.90. The molecule has 0 aliphatic carbocycles. The zero-order chi connectivity index (χ0) is 15.8. The summed E-state index contributed by atoms with van der Waals surface area (Å²) in [6, 6.07) is 6.03. The van der Waals surface area contributed by atoms with Crippen molar-refractivity contribution in [1.82, 2.24) is 9.88 Å². The molecule has 122 valence electrons. The second-order valence-electron chi connectivity index (χ2n) is 5.98. The molecular weight excluding hydrogens is 334 g/mol. The van der Waals surface area contributed by atoms with Gasteiger partial charge in [-0.1, -0.05) is 11.6 Å². The van der Waals surface area contributed by atoms with Crippen molar-refractivity contribution in [3.05, 3.63) is 23.2 Å². The fourth-order valence-electron chi connectivity index (χ4n) is 3.20. The summed E-state index contributed by atoms with van der Waals surface area (Å²) in [4.78, 5) is 21.2. The van der Waals surface area contributed by atoms with Gasteiger partial charge < -0.3 is 14.2 Å². The van der Waals surface area contributed by atoms with Crippen molar-refractivity contribution in [3.63, 3.8) is 0 Å². The minimum Gasteiger partial charge on any atom is -0.423 e. The third-order valence-electron chi connectivity index (χ3n) is 4.47. The molecule has 1 unspecified atom stereocenters. The van der Waals surface area contributed by atoms with Crippen LogP contribution in [0, 0.1) is 5.92 Å². The average Bonchev–Trinajstić information content (AvgIpc) is 3.21. The van der Waals surface area contributed by atoms with Gasteiger partial charge in [-0.25, -0.2) is 0 Å². The van der Waals surface area contributed by atoms with Crippen LogP contribution in [0.4, 0.5) is 6.01 Å². The maximum atomic E-state index is 12.6. The predicted molar refractivity (Wildman–Crippen MR) is 93.2 cm³/mol. The summed E-state index contributed by atoms with van der Waals surface area (Å²) in [5, 5.41) is 0.637. The van der Waals surface area contributed by atoms with Crippen molar-refractivity contribution in [3.8, 4) is 0 Å². The molecule has 5 nitrogen and oxygen atoms in total. The van der Waals surface area contributed by atoms with Crippen molar-refractivity contribution in [2.45, 2.75) is 6.42 Å². The van der Waals surface area contributed by atoms with E-state index in [4.69, 9.17) is 16.0 Å². The first kappa shape index (κ1) is 15.1. The van der Waals surface area contributed by atoms with E-state index < -0.39 is 0 Å². The molecule has 4 rings (SSSR count). The molecule has 2 aliphatic heterocycles. The number of carbonyl (C=O) groups excluding carboxylic acids is 1. The van der Waals surface area contributed by atoms with Gasteiger partial charge in [0.2, 0.25) is 5.91 Å². The lowest BCUT2D eigenvalue weighted by molar-refractivity contribution is -0.134. The van der Waals surface area contributed by atoms with E-state index >= 15 is 0 Å². The molecule has 1 aromatic heterocycles. The van der Waals surface area contributed by atoms with Gasteiger partial charge in [-0.3, -0.25) is 4.79 Å². The smallest absolute Gasteiger partial charge is 0.298 e. The van der Waals surface area contributed by atoms with Gasteiger partial charge in [0.1, 0.15) is 5.52 Å². The highest BCUT2D eigenvalue weighted by Gasteiger charge is 2.33. The molecule has 1 atom stereocenters. The molecule has 2 aromatic rings. The third-order valence-corrected chi connectivity index (χ3v) is 5.65. The van der Waals surface area contributed by atoms with E-state index in [0.29, 0.717) is 23.2 Å². The van der Waals surface area contributed by atoms with Gasteiger partial charge in [-0.05, 0) is 18.6 Å². The molecule has 0 radical (unpaired) electrons. The van der Waals surface area contributed by atoms with Crippen LogP contribution in [-0.2, 0) is 4.79 Å². The van der Waals surface area contributed by atoms with Crippen LogP contribution in [0.25, 0.3) is 11.1 Å². The van der Waals surface area contributed by atoms with Crippen molar-refractivity contribution in [2.75, 3.05) is 42.6 Å². The summed E-state index contributed by atoms with van der Waals surface area (Å²) in [6.45, 7) is 3.24. The van der Waals surface area contributed by atoms with Gasteiger partial charge in [0.25, 0.3) is 6.01 Å². The summed E-state index contributed by atoms with van der Waals surface area (Å²) < 4.78 is 5.81. The molecular formula is C16H18ClN3O2S. The summed E-state index contributed by atoms with van der Waals surface area (Å²) in [5.41, 5.74) is 1.49. The number of aromatic nitrogens is 1. The van der Waals surface area contributed by atoms with Crippen molar-refractivity contribution >= 4 is 46.4 Å². The van der Waals surface area contributed by atoms with E-state index in [-0.39, 0.29) is 11.8 Å². The normalized spacial score (nSPS) is 22.0. The Bertz CT molecular complexity index is 729. The van der Waals surface area contributed by atoms with Crippen LogP contribution < -0.4 is 4.90 Å². The van der Waals surface area contributed by atoms with E-state index in [2.05, 4.69) is 9.88 Å². The first-order chi connectivity index (χ1) is 11.2. The number of carbonyl (C=O) groups is 1. The van der Waals surface area contributed by atoms with E-state index in [1.54, 1.807) is 12.1 Å². The molecule has 0 spiro atoms. The molecule has 23 heavy (non-hydrogen) atoms. The lowest BCUT2D eigenvalue weighted by Crippen LogP contribution is -2.42. The van der Waals surface area contributed by atoms with E-state index in [1.807, 2.05) is 22.7 Å². The standard InChI is InChI=1S/C16H18ClN3O2S/c17-12-1-2-13-14(9-12)22-16(18-13)20-4-3-11(10-20)15(21)19-5-7-23-8-6-19/h1-2,9,11H,3-8,10H2. The lowest BCUT2D eigenvalue weighted by atomic mass is 10.1. The van der Waals surface area contributed by atoms with Crippen LogP contribution in [0.3, 0.4) is 0 Å². The Morgan fingerprint density at radius 2 is 2.13 bits per heavy atom. The first-order valence-corrected chi connectivity index (χ1v) is 9.41. The molecule has 2 aliphatic rings. The number of amides is 1. The molecule has 2 saturated heterocycles. The zero-order valence-corrected chi connectivity index (χ0v) is 14.3. The maximum Gasteiger partial charge on any atom is 0.298 e. The van der Waals surface area contributed by atoms with Gasteiger partial charge in [-0.15, -0.1) is 0 Å². The van der Waals surface area contributed by atoms with E-state index in [0.717, 1.165) is 43.1 Å². The lowest BCUT2D eigenvalue weighted by Gasteiger charge is -2.28. The molecule has 0 saturated carbocycles. The van der Waals surface area contributed by atoms with Gasteiger partial charge in [0, 0.05) is 48.8 Å². The molecule has 2 fully saturated rings. The molecule has 0 N–H and O–H groups in total. The molecule has 1 aromatic carbocycles. The highest BCUT2D eigenvalue weighted by atomic mass is 35.5. The monoisotopic (exact) mass is 351 g/mol. The van der Waals surface area contributed by atoms with Crippen LogP contribution in [-0.4, -0.2) is 53.5 Å². The Kier molecular flexibility index (Phi) is 4.11. The largest absolute Gasteiger partial charge is 0.423 e. The van der Waals surface area contributed by atoms with Crippen molar-refractivity contribution in [2.24, 2.45) is 5.92 Å². The predicted octanol–water partition coefficient (Wildman–Crippen LogP) is 2.88. The van der Waals surface area contributed by atoms with Gasteiger partial charge in [-0.2, -0.15) is 16.7 Å². The number of nitrogens with zero attached hydrogens (tertiary/aromatic N) is 3. The van der Waals surface area contributed by atoms with Gasteiger partial charge in [0.15, 0.2) is 5.58 Å². The van der Waals surface area contributed by atoms with Gasteiger partial charge >= 0.3 is 0 Å². The Hall–Kier alpha value is -1.40. The number of hydrogen-bond acceptors (Lipinski definition) is 5. The molecule has 1 amide bonds. The Labute approximate surface area is 144 Å². The number of halogens is 1. The Balaban J connectivity index is 1.47.